The van der Waals surface area contributed by atoms with Crippen LogP contribution < -0.4 is 5.32 Å². The van der Waals surface area contributed by atoms with Crippen LogP contribution in [0.3, 0.4) is 0 Å². The monoisotopic (exact) mass is 476 g/mol. The highest BCUT2D eigenvalue weighted by molar-refractivity contribution is 6.48. The second-order valence-electron chi connectivity index (χ2n) is 10.5. The minimum atomic E-state index is -1.22. The molecule has 0 saturated carbocycles. The van der Waals surface area contributed by atoms with E-state index in [0.29, 0.717) is 25.1 Å². The first-order valence-corrected chi connectivity index (χ1v) is 14.5. The minimum absolute atomic E-state index is 0.00777. The number of carbonyl (C=O) groups is 3. The lowest BCUT2D eigenvalue weighted by atomic mass is 9.66. The van der Waals surface area contributed by atoms with Crippen molar-refractivity contribution in [3.8, 4) is 0 Å². The molecule has 0 aromatic carbocycles. The standard InChI is InChI=1S/C25H40N2O5Si/c1-9-10-31-24(30)27-14-16(2)11-18(27)12-17(3)21(28)13-20-22(23(29)26-20)19(25(4,5)6)15-32-33(7)8/h9,12,18-20,22,33H,1-2,10-11,13-15H2,3-8H3,(H,26,29)/t18-,19+,20+,22-/m0/s1. The fourth-order valence-corrected chi connectivity index (χ4v) is 5.01. The van der Waals surface area contributed by atoms with Gasteiger partial charge in [-0.3, -0.25) is 14.5 Å². The van der Waals surface area contributed by atoms with Crippen LogP contribution in [0.1, 0.15) is 40.5 Å². The Labute approximate surface area is 200 Å². The van der Waals surface area contributed by atoms with E-state index in [0.717, 1.165) is 5.57 Å². The van der Waals surface area contributed by atoms with Gasteiger partial charge in [-0.05, 0) is 43.3 Å². The first-order valence-electron chi connectivity index (χ1n) is 11.7. The quantitative estimate of drug-likeness (QED) is 0.225. The molecule has 33 heavy (non-hydrogen) atoms. The van der Waals surface area contributed by atoms with E-state index in [1.54, 1.807) is 11.8 Å². The third-order valence-electron chi connectivity index (χ3n) is 6.36. The molecule has 2 heterocycles. The van der Waals surface area contributed by atoms with Gasteiger partial charge in [-0.25, -0.2) is 4.79 Å². The molecule has 0 unspecified atom stereocenters. The number of likely N-dealkylation sites (tertiary alicyclic amines) is 1. The van der Waals surface area contributed by atoms with Gasteiger partial charge in [0.05, 0.1) is 12.0 Å². The Morgan fingerprint density at radius 2 is 2.00 bits per heavy atom. The molecule has 0 spiro atoms. The molecule has 1 N–H and O–H groups in total. The Morgan fingerprint density at radius 3 is 2.55 bits per heavy atom. The molecule has 2 rings (SSSR count). The molecule has 0 bridgehead atoms. The van der Waals surface area contributed by atoms with Gasteiger partial charge in [0.15, 0.2) is 14.8 Å². The van der Waals surface area contributed by atoms with Crippen molar-refractivity contribution in [1.82, 2.24) is 10.2 Å². The fraction of sp³-hybridized carbons (Fsp3) is 0.640. The lowest BCUT2D eigenvalue weighted by molar-refractivity contribution is -0.143. The number of amides is 2. The zero-order chi connectivity index (χ0) is 24.9. The molecule has 2 aliphatic rings. The number of β-lactam (4-membered cyclic amide) rings is 1. The molecule has 2 fully saturated rings. The van der Waals surface area contributed by atoms with Crippen LogP contribution in [-0.4, -0.2) is 63.6 Å². The van der Waals surface area contributed by atoms with Crippen molar-refractivity contribution in [1.29, 1.82) is 0 Å². The largest absolute Gasteiger partial charge is 0.445 e. The fourth-order valence-electron chi connectivity index (χ4n) is 4.42. The van der Waals surface area contributed by atoms with E-state index < -0.39 is 15.1 Å². The average Bonchev–Trinajstić information content (AvgIpc) is 3.07. The van der Waals surface area contributed by atoms with Crippen LogP contribution in [0.25, 0.3) is 0 Å². The van der Waals surface area contributed by atoms with Crippen LogP contribution in [-0.2, 0) is 18.8 Å². The predicted octanol–water partition coefficient (Wildman–Crippen LogP) is 3.62. The van der Waals surface area contributed by atoms with Crippen molar-refractivity contribution < 1.29 is 23.5 Å². The Kier molecular flexibility index (Phi) is 9.26. The third kappa shape index (κ3) is 7.14. The summed E-state index contributed by atoms with van der Waals surface area (Å²) in [5.74, 6) is -0.247. The van der Waals surface area contributed by atoms with Crippen molar-refractivity contribution in [2.45, 2.75) is 65.7 Å². The smallest absolute Gasteiger partial charge is 0.410 e. The number of ether oxygens (including phenoxy) is 1. The molecule has 4 atom stereocenters. The van der Waals surface area contributed by atoms with Crippen molar-refractivity contribution in [2.75, 3.05) is 19.8 Å². The highest BCUT2D eigenvalue weighted by atomic mass is 28.3. The number of rotatable bonds is 10. The number of hydrogen-bond donors (Lipinski definition) is 1. The summed E-state index contributed by atoms with van der Waals surface area (Å²) in [4.78, 5) is 39.5. The molecule has 7 nitrogen and oxygen atoms in total. The van der Waals surface area contributed by atoms with Crippen LogP contribution in [0, 0.1) is 17.3 Å². The van der Waals surface area contributed by atoms with Gasteiger partial charge < -0.3 is 14.5 Å². The normalized spacial score (nSPS) is 24.4. The van der Waals surface area contributed by atoms with E-state index in [4.69, 9.17) is 9.16 Å². The van der Waals surface area contributed by atoms with Crippen molar-refractivity contribution in [3.05, 3.63) is 36.5 Å². The summed E-state index contributed by atoms with van der Waals surface area (Å²) in [7, 11) is -1.22. The van der Waals surface area contributed by atoms with E-state index in [-0.39, 0.29) is 54.1 Å². The number of allylic oxidation sites excluding steroid dienone is 1. The van der Waals surface area contributed by atoms with E-state index in [9.17, 15) is 14.4 Å². The topological polar surface area (TPSA) is 84.9 Å². The molecule has 0 aliphatic carbocycles. The number of hydrogen-bond acceptors (Lipinski definition) is 5. The second-order valence-corrected chi connectivity index (χ2v) is 12.9. The number of nitrogens with zero attached hydrogens (tertiary/aromatic N) is 1. The molecule has 184 valence electrons. The Morgan fingerprint density at radius 1 is 1.33 bits per heavy atom. The van der Waals surface area contributed by atoms with Gasteiger partial charge >= 0.3 is 6.09 Å². The van der Waals surface area contributed by atoms with Crippen molar-refractivity contribution in [2.24, 2.45) is 17.3 Å². The summed E-state index contributed by atoms with van der Waals surface area (Å²) in [6.45, 7) is 21.0. The molecular weight excluding hydrogens is 436 g/mol. The van der Waals surface area contributed by atoms with E-state index in [1.807, 2.05) is 6.08 Å². The zero-order valence-electron chi connectivity index (χ0n) is 21.0. The Balaban J connectivity index is 2.08. The molecule has 2 amide bonds. The molecule has 8 heteroatoms. The second kappa shape index (κ2) is 11.3. The van der Waals surface area contributed by atoms with E-state index in [2.05, 4.69) is 52.3 Å². The maximum atomic E-state index is 13.0. The summed E-state index contributed by atoms with van der Waals surface area (Å²) in [6, 6.07) is -0.473. The average molecular weight is 477 g/mol. The first kappa shape index (κ1) is 27.1. The number of Topliss-reactive ketones (excluding diaryl/α,β-unsaturated/α-hetero) is 1. The van der Waals surface area contributed by atoms with Crippen LogP contribution in [0.2, 0.25) is 13.1 Å². The van der Waals surface area contributed by atoms with Crippen LogP contribution in [0.5, 0.6) is 0 Å². The lowest BCUT2D eigenvalue weighted by Crippen LogP contribution is -2.63. The van der Waals surface area contributed by atoms with Crippen LogP contribution in [0.4, 0.5) is 4.79 Å². The third-order valence-corrected chi connectivity index (χ3v) is 7.22. The molecule has 2 aliphatic heterocycles. The van der Waals surface area contributed by atoms with Crippen molar-refractivity contribution >= 4 is 26.8 Å². The van der Waals surface area contributed by atoms with Gasteiger partial charge in [0, 0.05) is 25.6 Å². The highest BCUT2D eigenvalue weighted by Gasteiger charge is 2.49. The molecular formula is C25H40N2O5Si. The zero-order valence-corrected chi connectivity index (χ0v) is 22.1. The maximum Gasteiger partial charge on any atom is 0.410 e. The predicted molar refractivity (Wildman–Crippen MR) is 132 cm³/mol. The summed E-state index contributed by atoms with van der Waals surface area (Å²) >= 11 is 0. The van der Waals surface area contributed by atoms with Gasteiger partial charge in [0.25, 0.3) is 0 Å². The summed E-state index contributed by atoms with van der Waals surface area (Å²) < 4.78 is 11.2. The maximum absolute atomic E-state index is 13.0. The summed E-state index contributed by atoms with van der Waals surface area (Å²) in [5, 5.41) is 2.93. The van der Waals surface area contributed by atoms with Gasteiger partial charge in [0.1, 0.15) is 6.61 Å². The van der Waals surface area contributed by atoms with Gasteiger partial charge in [-0.15, -0.1) is 0 Å². The van der Waals surface area contributed by atoms with E-state index in [1.165, 1.54) is 6.08 Å². The molecule has 2 saturated heterocycles. The van der Waals surface area contributed by atoms with Gasteiger partial charge in [0.2, 0.25) is 5.91 Å². The van der Waals surface area contributed by atoms with Gasteiger partial charge in [-0.1, -0.05) is 51.7 Å². The number of nitrogens with one attached hydrogen (secondary N) is 1. The molecule has 0 radical (unpaired) electrons. The van der Waals surface area contributed by atoms with E-state index >= 15 is 0 Å². The first-order chi connectivity index (χ1) is 15.3. The summed E-state index contributed by atoms with van der Waals surface area (Å²) in [5.41, 5.74) is 1.38. The van der Waals surface area contributed by atoms with Gasteiger partial charge in [-0.2, -0.15) is 0 Å². The Bertz CT molecular complexity index is 814. The number of ketones is 1. The van der Waals surface area contributed by atoms with Crippen molar-refractivity contribution in [3.63, 3.8) is 0 Å². The highest BCUT2D eigenvalue weighted by Crippen LogP contribution is 2.39. The lowest BCUT2D eigenvalue weighted by Gasteiger charge is -2.46. The molecule has 0 aromatic rings. The van der Waals surface area contributed by atoms with Crippen LogP contribution in [0.15, 0.2) is 36.5 Å². The number of carbonyl (C=O) groups excluding carboxylic acids is 3. The minimum Gasteiger partial charge on any atom is -0.445 e. The Hall–Kier alpha value is -2.19. The van der Waals surface area contributed by atoms with Crippen LogP contribution >= 0.6 is 0 Å². The summed E-state index contributed by atoms with van der Waals surface area (Å²) in [6.07, 6.45) is 3.73. The molecule has 0 aromatic heterocycles. The SMILES string of the molecule is C=CCOC(=O)N1CC(=C)C[C@H]1C=C(C)C(=O)C[C@H]1NC(=O)[C@H]1[C@@H](CO[SiH](C)C)C(C)(C)C.